The number of hydrogen-bond donors (Lipinski definition) is 1. The smallest absolute Gasteiger partial charge is 0.117 e. The fraction of sp³-hybridized carbons (Fsp3) is 0.400. The number of methoxy groups -OCH3 is 1. The second-order valence-electron chi connectivity index (χ2n) is 5.17. The van der Waals surface area contributed by atoms with Crippen molar-refractivity contribution in [3.63, 3.8) is 0 Å². The monoisotopic (exact) mass is 245 g/mol. The third kappa shape index (κ3) is 1.89. The van der Waals surface area contributed by atoms with Gasteiger partial charge in [-0.3, -0.25) is 4.98 Å². The van der Waals surface area contributed by atoms with Gasteiger partial charge in [0.2, 0.25) is 0 Å². The van der Waals surface area contributed by atoms with E-state index in [2.05, 4.69) is 4.98 Å². The minimum absolute atomic E-state index is 0.696. The Balaban J connectivity index is 2.68. The molecule has 1 heterocycles. The van der Waals surface area contributed by atoms with Crippen LogP contribution in [0.2, 0.25) is 0 Å². The van der Waals surface area contributed by atoms with Gasteiger partial charge in [0.05, 0.1) is 11.1 Å². The van der Waals surface area contributed by atoms with Crippen LogP contribution in [0.15, 0.2) is 36.5 Å². The summed E-state index contributed by atoms with van der Waals surface area (Å²) in [7, 11) is 1.60. The number of aliphatic hydroxyl groups is 1. The van der Waals surface area contributed by atoms with Gasteiger partial charge in [-0.1, -0.05) is 24.3 Å². The summed E-state index contributed by atoms with van der Waals surface area (Å²) in [5.41, 5.74) is -0.211. The summed E-state index contributed by atoms with van der Waals surface area (Å²) in [4.78, 5) is 4.38. The van der Waals surface area contributed by atoms with Gasteiger partial charge in [-0.2, -0.15) is 0 Å². The van der Waals surface area contributed by atoms with Crippen molar-refractivity contribution in [3.8, 4) is 0 Å². The topological polar surface area (TPSA) is 42.4 Å². The molecule has 3 nitrogen and oxygen atoms in total. The molecular weight excluding hydrogens is 226 g/mol. The van der Waals surface area contributed by atoms with Gasteiger partial charge in [-0.15, -0.1) is 0 Å². The molecule has 0 bridgehead atoms. The van der Waals surface area contributed by atoms with Gasteiger partial charge in [0, 0.05) is 24.3 Å². The van der Waals surface area contributed by atoms with Crippen LogP contribution in [0.25, 0.3) is 10.9 Å². The van der Waals surface area contributed by atoms with Crippen molar-refractivity contribution in [1.29, 1.82) is 0 Å². The van der Waals surface area contributed by atoms with E-state index in [-0.39, 0.29) is 0 Å². The van der Waals surface area contributed by atoms with Crippen LogP contribution < -0.4 is 0 Å². The van der Waals surface area contributed by atoms with E-state index in [0.29, 0.717) is 0 Å². The van der Waals surface area contributed by atoms with E-state index in [1.54, 1.807) is 20.2 Å². The van der Waals surface area contributed by atoms with E-state index in [9.17, 15) is 5.11 Å². The van der Waals surface area contributed by atoms with Crippen molar-refractivity contribution in [2.24, 2.45) is 0 Å². The van der Waals surface area contributed by atoms with E-state index in [0.717, 1.165) is 16.5 Å². The molecule has 1 aromatic carbocycles. The van der Waals surface area contributed by atoms with Gasteiger partial charge >= 0.3 is 0 Å². The molecule has 0 saturated heterocycles. The molecule has 2 rings (SSSR count). The summed E-state index contributed by atoms with van der Waals surface area (Å²) in [5, 5.41) is 11.9. The van der Waals surface area contributed by atoms with Gasteiger partial charge in [0.1, 0.15) is 5.60 Å². The SMILES string of the molecule is COC(C)(C)C(C)(O)c1cccc2cccnc12. The first kappa shape index (κ1) is 13.0. The number of fused-ring (bicyclic) bond motifs is 1. The lowest BCUT2D eigenvalue weighted by molar-refractivity contribution is -0.145. The molecule has 0 spiro atoms. The average Bonchev–Trinajstić information content (AvgIpc) is 2.37. The number of benzene rings is 1. The lowest BCUT2D eigenvalue weighted by atomic mass is 9.80. The average molecular weight is 245 g/mol. The first-order valence-corrected chi connectivity index (χ1v) is 6.02. The fourth-order valence-corrected chi connectivity index (χ4v) is 2.02. The van der Waals surface area contributed by atoms with Crippen molar-refractivity contribution in [2.45, 2.75) is 32.0 Å². The minimum Gasteiger partial charge on any atom is -0.382 e. The van der Waals surface area contributed by atoms with Crippen LogP contribution in [0.5, 0.6) is 0 Å². The molecule has 0 aliphatic heterocycles. The summed E-state index contributed by atoms with van der Waals surface area (Å²) in [6, 6.07) is 9.70. The lowest BCUT2D eigenvalue weighted by Gasteiger charge is -2.39. The van der Waals surface area contributed by atoms with Crippen LogP contribution >= 0.6 is 0 Å². The number of para-hydroxylation sites is 1. The zero-order chi connectivity index (χ0) is 13.4. The van der Waals surface area contributed by atoms with E-state index < -0.39 is 11.2 Å². The quantitative estimate of drug-likeness (QED) is 0.904. The Kier molecular flexibility index (Phi) is 3.13. The van der Waals surface area contributed by atoms with E-state index in [4.69, 9.17) is 4.74 Å². The lowest BCUT2D eigenvalue weighted by Crippen LogP contribution is -2.46. The predicted octanol–water partition coefficient (Wildman–Crippen LogP) is 2.87. The molecule has 18 heavy (non-hydrogen) atoms. The Morgan fingerprint density at radius 3 is 2.44 bits per heavy atom. The summed E-state index contributed by atoms with van der Waals surface area (Å²) in [6.45, 7) is 5.50. The molecule has 1 aromatic heterocycles. The molecule has 0 aliphatic carbocycles. The van der Waals surface area contributed by atoms with Gasteiger partial charge in [0.15, 0.2) is 0 Å². The molecule has 0 saturated carbocycles. The molecule has 3 heteroatoms. The third-order valence-electron chi connectivity index (χ3n) is 3.84. The summed E-state index contributed by atoms with van der Waals surface area (Å²) >= 11 is 0. The zero-order valence-corrected chi connectivity index (χ0v) is 11.3. The molecule has 1 atom stereocenters. The van der Waals surface area contributed by atoms with Crippen LogP contribution in [0.1, 0.15) is 26.3 Å². The highest BCUT2D eigenvalue weighted by Crippen LogP contribution is 2.37. The van der Waals surface area contributed by atoms with Crippen LogP contribution in [-0.2, 0) is 10.3 Å². The number of ether oxygens (including phenoxy) is 1. The van der Waals surface area contributed by atoms with Crippen LogP contribution in [0.3, 0.4) is 0 Å². The van der Waals surface area contributed by atoms with E-state index in [1.165, 1.54) is 0 Å². The number of rotatable bonds is 3. The molecule has 1 unspecified atom stereocenters. The Bertz CT molecular complexity index is 556. The van der Waals surface area contributed by atoms with Crippen molar-refractivity contribution >= 4 is 10.9 Å². The van der Waals surface area contributed by atoms with Gasteiger partial charge in [0.25, 0.3) is 0 Å². The van der Waals surface area contributed by atoms with Crippen LogP contribution in [0.4, 0.5) is 0 Å². The van der Waals surface area contributed by atoms with E-state index in [1.807, 2.05) is 44.2 Å². The highest BCUT2D eigenvalue weighted by Gasteiger charge is 2.42. The largest absolute Gasteiger partial charge is 0.382 e. The normalized spacial score (nSPS) is 15.6. The van der Waals surface area contributed by atoms with Crippen molar-refractivity contribution in [2.75, 3.05) is 7.11 Å². The molecule has 1 N–H and O–H groups in total. The first-order chi connectivity index (χ1) is 8.40. The standard InChI is InChI=1S/C15H19NO2/c1-14(2,18-4)15(3,17)12-9-5-7-11-8-6-10-16-13(11)12/h5-10,17H,1-4H3. The molecule has 0 radical (unpaired) electrons. The molecule has 2 aromatic rings. The second kappa shape index (κ2) is 4.34. The molecular formula is C15H19NO2. The van der Waals surface area contributed by atoms with Crippen molar-refractivity contribution < 1.29 is 9.84 Å². The summed E-state index contributed by atoms with van der Waals surface area (Å²) in [5.74, 6) is 0. The Morgan fingerprint density at radius 2 is 1.78 bits per heavy atom. The number of hydrogen-bond acceptors (Lipinski definition) is 3. The molecule has 0 aliphatic rings. The highest BCUT2D eigenvalue weighted by atomic mass is 16.5. The maximum absolute atomic E-state index is 10.8. The first-order valence-electron chi connectivity index (χ1n) is 6.02. The Morgan fingerprint density at radius 1 is 1.11 bits per heavy atom. The molecule has 0 amide bonds. The van der Waals surface area contributed by atoms with Crippen molar-refractivity contribution in [3.05, 3.63) is 42.1 Å². The van der Waals surface area contributed by atoms with Gasteiger partial charge in [-0.25, -0.2) is 0 Å². The highest BCUT2D eigenvalue weighted by molar-refractivity contribution is 5.82. The van der Waals surface area contributed by atoms with Crippen LogP contribution in [-0.4, -0.2) is 22.8 Å². The summed E-state index contributed by atoms with van der Waals surface area (Å²) in [6.07, 6.45) is 1.74. The number of aromatic nitrogens is 1. The maximum atomic E-state index is 10.8. The fourth-order valence-electron chi connectivity index (χ4n) is 2.02. The maximum Gasteiger partial charge on any atom is 0.117 e. The Labute approximate surface area is 107 Å². The number of pyridine rings is 1. The predicted molar refractivity (Wildman–Crippen MR) is 72.4 cm³/mol. The van der Waals surface area contributed by atoms with Gasteiger partial charge < -0.3 is 9.84 Å². The second-order valence-corrected chi connectivity index (χ2v) is 5.17. The minimum atomic E-state index is -1.12. The third-order valence-corrected chi connectivity index (χ3v) is 3.84. The van der Waals surface area contributed by atoms with E-state index >= 15 is 0 Å². The van der Waals surface area contributed by atoms with Crippen molar-refractivity contribution in [1.82, 2.24) is 4.98 Å². The zero-order valence-electron chi connectivity index (χ0n) is 11.3. The Hall–Kier alpha value is -1.45. The van der Waals surface area contributed by atoms with Crippen LogP contribution in [0, 0.1) is 0 Å². The number of nitrogens with zero attached hydrogens (tertiary/aromatic N) is 1. The molecule has 0 fully saturated rings. The summed E-state index contributed by atoms with van der Waals surface area (Å²) < 4.78 is 5.43. The van der Waals surface area contributed by atoms with Gasteiger partial charge in [-0.05, 0) is 26.8 Å². The molecule has 96 valence electrons.